The van der Waals surface area contributed by atoms with Crippen LogP contribution < -0.4 is 10.6 Å². The molecule has 0 amide bonds. The summed E-state index contributed by atoms with van der Waals surface area (Å²) in [5.74, 6) is 0.992. The van der Waals surface area contributed by atoms with Gasteiger partial charge in [0.15, 0.2) is 5.96 Å². The molecule has 0 atom stereocenters. The van der Waals surface area contributed by atoms with Gasteiger partial charge in [-0.3, -0.25) is 4.99 Å². The van der Waals surface area contributed by atoms with Gasteiger partial charge in [0.2, 0.25) is 0 Å². The van der Waals surface area contributed by atoms with Crippen LogP contribution in [-0.2, 0) is 0 Å². The maximum atomic E-state index is 4.41. The number of aliphatic imine (C=N–C) groups is 1. The first-order chi connectivity index (χ1) is 10.0. The molecule has 0 aromatic carbocycles. The summed E-state index contributed by atoms with van der Waals surface area (Å²) < 4.78 is 0. The first kappa shape index (κ1) is 20.0. The van der Waals surface area contributed by atoms with E-state index < -0.39 is 0 Å². The summed E-state index contributed by atoms with van der Waals surface area (Å²) in [6.45, 7) is 10.4. The Morgan fingerprint density at radius 3 is 2.32 bits per heavy atom. The van der Waals surface area contributed by atoms with Crippen LogP contribution in [0.2, 0.25) is 0 Å². The number of guanidine groups is 1. The monoisotopic (exact) mass is 422 g/mol. The summed E-state index contributed by atoms with van der Waals surface area (Å²) in [7, 11) is 1.88. The zero-order chi connectivity index (χ0) is 15.3. The molecule has 2 N–H and O–H groups in total. The fourth-order valence-electron chi connectivity index (χ4n) is 3.65. The molecule has 2 rings (SSSR count). The molecule has 1 saturated heterocycles. The van der Waals surface area contributed by atoms with E-state index in [9.17, 15) is 0 Å². The van der Waals surface area contributed by atoms with E-state index in [0.29, 0.717) is 17.5 Å². The van der Waals surface area contributed by atoms with Crippen molar-refractivity contribution in [1.82, 2.24) is 15.5 Å². The molecule has 1 aliphatic heterocycles. The lowest BCUT2D eigenvalue weighted by Crippen LogP contribution is -2.51. The number of nitrogens with one attached hydrogen (secondary N) is 2. The molecule has 0 aromatic heterocycles. The van der Waals surface area contributed by atoms with Crippen LogP contribution in [0.5, 0.6) is 0 Å². The Balaban J connectivity index is 0.00000242. The summed E-state index contributed by atoms with van der Waals surface area (Å²) >= 11 is 0. The molecular formula is C17H35IN4. The van der Waals surface area contributed by atoms with Crippen LogP contribution in [0, 0.1) is 5.41 Å². The summed E-state index contributed by atoms with van der Waals surface area (Å²) in [5.41, 5.74) is 0.471. The Bertz CT molecular complexity index is 343. The predicted octanol–water partition coefficient (Wildman–Crippen LogP) is 3.22. The minimum absolute atomic E-state index is 0. The molecular weight excluding hydrogens is 387 g/mol. The van der Waals surface area contributed by atoms with Gasteiger partial charge in [0.25, 0.3) is 0 Å². The second-order valence-corrected chi connectivity index (χ2v) is 7.49. The Labute approximate surface area is 153 Å². The van der Waals surface area contributed by atoms with Crippen molar-refractivity contribution in [2.24, 2.45) is 10.4 Å². The topological polar surface area (TPSA) is 39.7 Å². The fourth-order valence-corrected chi connectivity index (χ4v) is 3.65. The van der Waals surface area contributed by atoms with Gasteiger partial charge in [0.1, 0.15) is 0 Å². The smallest absolute Gasteiger partial charge is 0.191 e. The number of likely N-dealkylation sites (tertiary alicyclic amines) is 1. The number of halogens is 1. The van der Waals surface area contributed by atoms with Gasteiger partial charge in [-0.2, -0.15) is 0 Å². The maximum Gasteiger partial charge on any atom is 0.191 e. The molecule has 130 valence electrons. The standard InChI is InChI=1S/C17H34N4.HI/c1-14(2)21-11-7-15(8-12-21)20-16(18-4)19-13-17(3)9-5-6-10-17;/h14-15H,5-13H2,1-4H3,(H2,18,19,20);1H. The van der Waals surface area contributed by atoms with Crippen molar-refractivity contribution in [2.45, 2.75) is 71.4 Å². The third-order valence-electron chi connectivity index (χ3n) is 5.32. The SMILES string of the molecule is CN=C(NCC1(C)CCCC1)NC1CCN(C(C)C)CC1.I. The fraction of sp³-hybridized carbons (Fsp3) is 0.941. The molecule has 22 heavy (non-hydrogen) atoms. The molecule has 0 unspecified atom stereocenters. The lowest BCUT2D eigenvalue weighted by molar-refractivity contribution is 0.167. The molecule has 1 saturated carbocycles. The average Bonchev–Trinajstić information content (AvgIpc) is 2.91. The number of rotatable bonds is 4. The third-order valence-corrected chi connectivity index (χ3v) is 5.32. The van der Waals surface area contributed by atoms with E-state index in [4.69, 9.17) is 0 Å². The van der Waals surface area contributed by atoms with Gasteiger partial charge in [-0.15, -0.1) is 24.0 Å². The van der Waals surface area contributed by atoms with Gasteiger partial charge in [-0.25, -0.2) is 0 Å². The van der Waals surface area contributed by atoms with Gasteiger partial charge < -0.3 is 15.5 Å². The highest BCUT2D eigenvalue weighted by Gasteiger charge is 2.29. The quantitative estimate of drug-likeness (QED) is 0.415. The molecule has 0 spiro atoms. The van der Waals surface area contributed by atoms with Crippen LogP contribution in [0.3, 0.4) is 0 Å². The molecule has 5 heteroatoms. The van der Waals surface area contributed by atoms with Crippen molar-refractivity contribution in [3.63, 3.8) is 0 Å². The minimum Gasteiger partial charge on any atom is -0.356 e. The van der Waals surface area contributed by atoms with Crippen molar-refractivity contribution >= 4 is 29.9 Å². The normalized spacial score (nSPS) is 23.4. The summed E-state index contributed by atoms with van der Waals surface area (Å²) in [4.78, 5) is 6.97. The molecule has 0 radical (unpaired) electrons. The van der Waals surface area contributed by atoms with Gasteiger partial charge in [-0.1, -0.05) is 19.8 Å². The Morgan fingerprint density at radius 2 is 1.82 bits per heavy atom. The first-order valence-electron chi connectivity index (χ1n) is 8.74. The number of piperidine rings is 1. The van der Waals surface area contributed by atoms with Crippen LogP contribution in [0.4, 0.5) is 0 Å². The molecule has 0 aromatic rings. The van der Waals surface area contributed by atoms with Crippen molar-refractivity contribution in [2.75, 3.05) is 26.7 Å². The van der Waals surface area contributed by atoms with E-state index in [1.807, 2.05) is 7.05 Å². The second-order valence-electron chi connectivity index (χ2n) is 7.49. The highest BCUT2D eigenvalue weighted by Crippen LogP contribution is 2.36. The van der Waals surface area contributed by atoms with Crippen LogP contribution in [0.1, 0.15) is 59.3 Å². The maximum absolute atomic E-state index is 4.41. The van der Waals surface area contributed by atoms with Gasteiger partial charge in [0, 0.05) is 38.8 Å². The molecule has 2 fully saturated rings. The number of hydrogen-bond acceptors (Lipinski definition) is 2. The van der Waals surface area contributed by atoms with Crippen molar-refractivity contribution < 1.29 is 0 Å². The van der Waals surface area contributed by atoms with Crippen molar-refractivity contribution in [3.05, 3.63) is 0 Å². The molecule has 2 aliphatic rings. The van der Waals surface area contributed by atoms with E-state index in [1.165, 1.54) is 51.6 Å². The molecule has 4 nitrogen and oxygen atoms in total. The van der Waals surface area contributed by atoms with Crippen LogP contribution in [-0.4, -0.2) is 49.6 Å². The second kappa shape index (κ2) is 9.30. The average molecular weight is 422 g/mol. The summed E-state index contributed by atoms with van der Waals surface area (Å²) in [5, 5.41) is 7.18. The van der Waals surface area contributed by atoms with E-state index in [-0.39, 0.29) is 24.0 Å². The van der Waals surface area contributed by atoms with E-state index in [0.717, 1.165) is 12.5 Å². The van der Waals surface area contributed by atoms with E-state index in [1.54, 1.807) is 0 Å². The number of hydrogen-bond donors (Lipinski definition) is 2. The third kappa shape index (κ3) is 5.87. The Kier molecular flexibility index (Phi) is 8.46. The Morgan fingerprint density at radius 1 is 1.23 bits per heavy atom. The highest BCUT2D eigenvalue weighted by molar-refractivity contribution is 14.0. The molecule has 0 bridgehead atoms. The summed E-state index contributed by atoms with van der Waals surface area (Å²) in [6.07, 6.45) is 7.91. The van der Waals surface area contributed by atoms with Crippen LogP contribution >= 0.6 is 24.0 Å². The number of nitrogens with zero attached hydrogens (tertiary/aromatic N) is 2. The van der Waals surface area contributed by atoms with Gasteiger partial charge >= 0.3 is 0 Å². The summed E-state index contributed by atoms with van der Waals surface area (Å²) in [6, 6.07) is 1.24. The first-order valence-corrected chi connectivity index (χ1v) is 8.74. The van der Waals surface area contributed by atoms with Gasteiger partial charge in [0.05, 0.1) is 0 Å². The zero-order valence-electron chi connectivity index (χ0n) is 14.8. The largest absolute Gasteiger partial charge is 0.356 e. The zero-order valence-corrected chi connectivity index (χ0v) is 17.2. The van der Waals surface area contributed by atoms with Crippen molar-refractivity contribution in [3.8, 4) is 0 Å². The lowest BCUT2D eigenvalue weighted by atomic mass is 9.89. The van der Waals surface area contributed by atoms with E-state index >= 15 is 0 Å². The van der Waals surface area contributed by atoms with Crippen molar-refractivity contribution in [1.29, 1.82) is 0 Å². The predicted molar refractivity (Wildman–Crippen MR) is 106 cm³/mol. The van der Waals surface area contributed by atoms with Crippen LogP contribution in [0.25, 0.3) is 0 Å². The molecule has 1 heterocycles. The van der Waals surface area contributed by atoms with E-state index in [2.05, 4.69) is 41.3 Å². The minimum atomic E-state index is 0. The van der Waals surface area contributed by atoms with Gasteiger partial charge in [-0.05, 0) is 44.9 Å². The molecule has 1 aliphatic carbocycles. The van der Waals surface area contributed by atoms with Crippen LogP contribution in [0.15, 0.2) is 4.99 Å². The Hall–Kier alpha value is -0.0400. The lowest BCUT2D eigenvalue weighted by Gasteiger charge is -2.35. The highest BCUT2D eigenvalue weighted by atomic mass is 127.